The number of ether oxygens (including phenoxy) is 1. The molecular weight excluding hydrogens is 190 g/mol. The van der Waals surface area contributed by atoms with Gasteiger partial charge in [-0.1, -0.05) is 13.8 Å². The van der Waals surface area contributed by atoms with Gasteiger partial charge in [0.25, 0.3) is 0 Å². The van der Waals surface area contributed by atoms with Gasteiger partial charge in [0, 0.05) is 24.9 Å². The second kappa shape index (κ2) is 5.79. The standard InChI is InChI=1S/C12H21NO2/c1-10(2)6-8-13(11-4-5-11)9-7-12(14)15-3/h7,9-11H,4-6,8H2,1-3H3/b9-7+. The molecule has 0 aliphatic heterocycles. The van der Waals surface area contributed by atoms with Gasteiger partial charge < -0.3 is 9.64 Å². The molecule has 1 aliphatic carbocycles. The number of carbonyl (C=O) groups is 1. The normalized spacial score (nSPS) is 16.0. The minimum atomic E-state index is -0.273. The van der Waals surface area contributed by atoms with Crippen LogP contribution >= 0.6 is 0 Å². The van der Waals surface area contributed by atoms with Gasteiger partial charge in [-0.2, -0.15) is 0 Å². The summed E-state index contributed by atoms with van der Waals surface area (Å²) >= 11 is 0. The van der Waals surface area contributed by atoms with Crippen LogP contribution in [0.3, 0.4) is 0 Å². The van der Waals surface area contributed by atoms with Crippen molar-refractivity contribution < 1.29 is 9.53 Å². The zero-order valence-electron chi connectivity index (χ0n) is 9.90. The summed E-state index contributed by atoms with van der Waals surface area (Å²) in [6, 6.07) is 0.657. The van der Waals surface area contributed by atoms with E-state index in [1.807, 2.05) is 6.20 Å². The smallest absolute Gasteiger partial charge is 0.331 e. The third-order valence-corrected chi connectivity index (χ3v) is 2.58. The van der Waals surface area contributed by atoms with Crippen LogP contribution in [0.25, 0.3) is 0 Å². The molecule has 0 saturated heterocycles. The van der Waals surface area contributed by atoms with Crippen LogP contribution in [0, 0.1) is 5.92 Å². The van der Waals surface area contributed by atoms with E-state index in [0.717, 1.165) is 6.54 Å². The lowest BCUT2D eigenvalue weighted by atomic mass is 10.1. The predicted octanol–water partition coefficient (Wildman–Crippen LogP) is 2.18. The summed E-state index contributed by atoms with van der Waals surface area (Å²) in [5, 5.41) is 0. The molecule has 15 heavy (non-hydrogen) atoms. The fourth-order valence-electron chi connectivity index (χ4n) is 1.42. The summed E-state index contributed by atoms with van der Waals surface area (Å²) in [6.07, 6.45) is 7.07. The van der Waals surface area contributed by atoms with Gasteiger partial charge in [-0.05, 0) is 25.2 Å². The highest BCUT2D eigenvalue weighted by atomic mass is 16.5. The Kier molecular flexibility index (Phi) is 4.66. The minimum absolute atomic E-state index is 0.273. The molecule has 0 atom stereocenters. The lowest BCUT2D eigenvalue weighted by molar-refractivity contribution is -0.134. The van der Waals surface area contributed by atoms with Crippen LogP contribution < -0.4 is 0 Å². The number of rotatable bonds is 6. The molecule has 1 fully saturated rings. The number of esters is 1. The first kappa shape index (κ1) is 12.1. The van der Waals surface area contributed by atoms with E-state index >= 15 is 0 Å². The topological polar surface area (TPSA) is 29.5 Å². The quantitative estimate of drug-likeness (QED) is 0.498. The van der Waals surface area contributed by atoms with Crippen LogP contribution in [0.1, 0.15) is 33.1 Å². The van der Waals surface area contributed by atoms with Gasteiger partial charge in [0.1, 0.15) is 0 Å². The van der Waals surface area contributed by atoms with E-state index < -0.39 is 0 Å². The van der Waals surface area contributed by atoms with E-state index in [4.69, 9.17) is 0 Å². The van der Waals surface area contributed by atoms with Crippen LogP contribution in [0.2, 0.25) is 0 Å². The molecule has 3 nitrogen and oxygen atoms in total. The molecule has 0 unspecified atom stereocenters. The largest absolute Gasteiger partial charge is 0.466 e. The van der Waals surface area contributed by atoms with E-state index in [0.29, 0.717) is 12.0 Å². The molecule has 0 radical (unpaired) electrons. The van der Waals surface area contributed by atoms with Crippen LogP contribution in [-0.2, 0) is 9.53 Å². The Bertz CT molecular complexity index is 232. The molecule has 0 aromatic carbocycles. The molecule has 0 aromatic rings. The number of hydrogen-bond acceptors (Lipinski definition) is 3. The summed E-state index contributed by atoms with van der Waals surface area (Å²) in [5.41, 5.74) is 0. The van der Waals surface area contributed by atoms with Crippen molar-refractivity contribution in [3.63, 3.8) is 0 Å². The van der Waals surface area contributed by atoms with Crippen molar-refractivity contribution in [1.29, 1.82) is 0 Å². The number of nitrogens with zero attached hydrogens (tertiary/aromatic N) is 1. The second-order valence-corrected chi connectivity index (χ2v) is 4.49. The highest BCUT2D eigenvalue weighted by Gasteiger charge is 2.26. The summed E-state index contributed by atoms with van der Waals surface area (Å²) in [4.78, 5) is 13.2. The molecule has 0 N–H and O–H groups in total. The van der Waals surface area contributed by atoms with Gasteiger partial charge in [0.05, 0.1) is 7.11 Å². The Morgan fingerprint density at radius 3 is 2.67 bits per heavy atom. The fraction of sp³-hybridized carbons (Fsp3) is 0.750. The van der Waals surface area contributed by atoms with Crippen LogP contribution in [0.4, 0.5) is 0 Å². The Morgan fingerprint density at radius 1 is 1.53 bits per heavy atom. The summed E-state index contributed by atoms with van der Waals surface area (Å²) in [7, 11) is 1.41. The molecular formula is C12H21NO2. The molecule has 0 bridgehead atoms. The minimum Gasteiger partial charge on any atom is -0.466 e. The van der Waals surface area contributed by atoms with Crippen molar-refractivity contribution in [2.24, 2.45) is 5.92 Å². The number of hydrogen-bond donors (Lipinski definition) is 0. The Hall–Kier alpha value is -0.990. The van der Waals surface area contributed by atoms with Gasteiger partial charge in [0.2, 0.25) is 0 Å². The lowest BCUT2D eigenvalue weighted by Crippen LogP contribution is -2.22. The molecule has 0 amide bonds. The molecule has 0 heterocycles. The summed E-state index contributed by atoms with van der Waals surface area (Å²) in [6.45, 7) is 5.47. The first-order valence-electron chi connectivity index (χ1n) is 5.65. The zero-order valence-corrected chi connectivity index (χ0v) is 9.90. The molecule has 1 aliphatic rings. The van der Waals surface area contributed by atoms with Crippen molar-refractivity contribution >= 4 is 5.97 Å². The summed E-state index contributed by atoms with van der Waals surface area (Å²) < 4.78 is 4.57. The average molecular weight is 211 g/mol. The maximum atomic E-state index is 11.0. The van der Waals surface area contributed by atoms with Crippen molar-refractivity contribution in [2.75, 3.05) is 13.7 Å². The SMILES string of the molecule is COC(=O)/C=C/N(CCC(C)C)C1CC1. The Balaban J connectivity index is 2.36. The van der Waals surface area contributed by atoms with Crippen molar-refractivity contribution in [2.45, 2.75) is 39.2 Å². The Morgan fingerprint density at radius 2 is 2.20 bits per heavy atom. The lowest BCUT2D eigenvalue weighted by Gasteiger charge is -2.20. The van der Waals surface area contributed by atoms with Gasteiger partial charge in [-0.25, -0.2) is 4.79 Å². The van der Waals surface area contributed by atoms with E-state index in [-0.39, 0.29) is 5.97 Å². The first-order chi connectivity index (χ1) is 7.13. The Labute approximate surface area is 92.1 Å². The molecule has 3 heteroatoms. The maximum Gasteiger partial charge on any atom is 0.331 e. The third kappa shape index (κ3) is 4.86. The molecule has 0 spiro atoms. The van der Waals surface area contributed by atoms with Crippen molar-refractivity contribution in [3.05, 3.63) is 12.3 Å². The van der Waals surface area contributed by atoms with Gasteiger partial charge in [0.15, 0.2) is 0 Å². The van der Waals surface area contributed by atoms with Crippen molar-refractivity contribution in [1.82, 2.24) is 4.90 Å². The highest BCUT2D eigenvalue weighted by Crippen LogP contribution is 2.27. The molecule has 1 rings (SSSR count). The van der Waals surface area contributed by atoms with E-state index in [1.165, 1.54) is 32.4 Å². The first-order valence-corrected chi connectivity index (χ1v) is 5.65. The molecule has 1 saturated carbocycles. The second-order valence-electron chi connectivity index (χ2n) is 4.49. The molecule has 86 valence electrons. The van der Waals surface area contributed by atoms with Crippen LogP contribution in [0.5, 0.6) is 0 Å². The van der Waals surface area contributed by atoms with Crippen LogP contribution in [-0.4, -0.2) is 30.6 Å². The van der Waals surface area contributed by atoms with Gasteiger partial charge in [-0.3, -0.25) is 0 Å². The van der Waals surface area contributed by atoms with Gasteiger partial charge >= 0.3 is 5.97 Å². The predicted molar refractivity (Wildman–Crippen MR) is 60.3 cm³/mol. The van der Waals surface area contributed by atoms with Crippen molar-refractivity contribution in [3.8, 4) is 0 Å². The third-order valence-electron chi connectivity index (χ3n) is 2.58. The maximum absolute atomic E-state index is 11.0. The van der Waals surface area contributed by atoms with E-state index in [9.17, 15) is 4.79 Å². The van der Waals surface area contributed by atoms with Crippen LogP contribution in [0.15, 0.2) is 12.3 Å². The zero-order chi connectivity index (χ0) is 11.3. The van der Waals surface area contributed by atoms with E-state index in [2.05, 4.69) is 23.5 Å². The monoisotopic (exact) mass is 211 g/mol. The number of carbonyl (C=O) groups excluding carboxylic acids is 1. The van der Waals surface area contributed by atoms with E-state index in [1.54, 1.807) is 0 Å². The summed E-state index contributed by atoms with van der Waals surface area (Å²) in [5.74, 6) is 0.433. The fourth-order valence-corrected chi connectivity index (χ4v) is 1.42. The number of methoxy groups -OCH3 is 1. The van der Waals surface area contributed by atoms with Gasteiger partial charge in [-0.15, -0.1) is 0 Å². The average Bonchev–Trinajstić information content (AvgIpc) is 3.00. The molecule has 0 aromatic heterocycles. The highest BCUT2D eigenvalue weighted by molar-refractivity contribution is 5.81.